The second-order valence-electron chi connectivity index (χ2n) is 11.2. The average molecular weight is 603 g/mol. The van der Waals surface area contributed by atoms with Gasteiger partial charge in [-0.1, -0.05) is 0 Å². The molecule has 13 heteroatoms. The van der Waals surface area contributed by atoms with Crippen molar-refractivity contribution in [3.63, 3.8) is 0 Å². The smallest absolute Gasteiger partial charge is 0.264 e. The highest BCUT2D eigenvalue weighted by Crippen LogP contribution is 2.40. The summed E-state index contributed by atoms with van der Waals surface area (Å²) in [7, 11) is 1.95. The predicted octanol–water partition coefficient (Wildman–Crippen LogP) is 4.66. The number of nitrogens with zero attached hydrogens (tertiary/aromatic N) is 4. The number of hydrogen-bond donors (Lipinski definition) is 2. The van der Waals surface area contributed by atoms with Crippen LogP contribution < -0.4 is 20.7 Å². The number of alkyl halides is 2. The Hall–Kier alpha value is -3.97. The Morgan fingerprint density at radius 1 is 1.09 bits per heavy atom. The fourth-order valence-electron chi connectivity index (χ4n) is 5.63. The summed E-state index contributed by atoms with van der Waals surface area (Å²) < 4.78 is 65.3. The first kappa shape index (κ1) is 30.5. The quantitative estimate of drug-likeness (QED) is 0.397. The fourth-order valence-corrected chi connectivity index (χ4v) is 5.63. The number of carbonyl (C=O) groups is 1. The van der Waals surface area contributed by atoms with Crippen molar-refractivity contribution in [2.75, 3.05) is 55.0 Å². The molecular weight excluding hydrogens is 568 g/mol. The van der Waals surface area contributed by atoms with Crippen LogP contribution in [0.3, 0.4) is 0 Å². The van der Waals surface area contributed by atoms with E-state index in [4.69, 9.17) is 4.74 Å². The van der Waals surface area contributed by atoms with Crippen molar-refractivity contribution in [2.24, 2.45) is 0 Å². The minimum atomic E-state index is -3.13. The summed E-state index contributed by atoms with van der Waals surface area (Å²) in [6, 6.07) is 5.02. The maximum absolute atomic E-state index is 16.5. The molecule has 2 aliphatic heterocycles. The van der Waals surface area contributed by atoms with Gasteiger partial charge in [-0.25, -0.2) is 22.5 Å². The molecule has 230 valence electrons. The van der Waals surface area contributed by atoms with Gasteiger partial charge in [0.15, 0.2) is 5.82 Å². The van der Waals surface area contributed by atoms with Crippen LogP contribution in [0.1, 0.15) is 43.1 Å². The first-order chi connectivity index (χ1) is 20.4. The van der Waals surface area contributed by atoms with Crippen LogP contribution in [0, 0.1) is 11.6 Å². The number of aromatic nitrogens is 2. The summed E-state index contributed by atoms with van der Waals surface area (Å²) in [4.78, 5) is 37.5. The van der Waals surface area contributed by atoms with Gasteiger partial charge in [0, 0.05) is 73.9 Å². The van der Waals surface area contributed by atoms with E-state index in [-0.39, 0.29) is 35.1 Å². The standard InChI is InChI=1S/C30H34F4N6O3/c1-16-13-40(14-17(2)38(16)4)23-10-22(31)26(19-5-6-24(35-11-19)39-7-8-43-18(3)15-39)27(32)28(23)37-30(42)21-12-36-25(41)9-20(21)29(33)34/h5-6,9-12,16-18,29H,7-8,13-15H2,1-4H3,(H,36,41)(H,37,42). The van der Waals surface area contributed by atoms with Gasteiger partial charge in [0.1, 0.15) is 17.3 Å². The first-order valence-electron chi connectivity index (χ1n) is 14.1. The molecule has 5 rings (SSSR count). The number of H-pyrrole nitrogens is 1. The number of benzene rings is 1. The minimum absolute atomic E-state index is 0.0110. The Kier molecular flexibility index (Phi) is 8.74. The maximum Gasteiger partial charge on any atom is 0.264 e. The number of rotatable bonds is 6. The molecule has 2 aliphatic rings. The summed E-state index contributed by atoms with van der Waals surface area (Å²) in [5, 5.41) is 2.42. The fraction of sp³-hybridized carbons (Fsp3) is 0.433. The van der Waals surface area contributed by atoms with Gasteiger partial charge in [-0.15, -0.1) is 0 Å². The van der Waals surface area contributed by atoms with Crippen LogP contribution in [-0.2, 0) is 4.74 Å². The van der Waals surface area contributed by atoms with Crippen molar-refractivity contribution in [3.05, 3.63) is 69.8 Å². The molecule has 1 amide bonds. The lowest BCUT2D eigenvalue weighted by Crippen LogP contribution is -2.55. The van der Waals surface area contributed by atoms with E-state index in [0.29, 0.717) is 44.7 Å². The van der Waals surface area contributed by atoms with Gasteiger partial charge in [0.25, 0.3) is 12.3 Å². The Balaban J connectivity index is 1.57. The van der Waals surface area contributed by atoms with E-state index in [2.05, 4.69) is 20.2 Å². The number of amides is 1. The first-order valence-corrected chi connectivity index (χ1v) is 14.1. The number of hydrogen-bond acceptors (Lipinski definition) is 7. The third kappa shape index (κ3) is 6.23. The van der Waals surface area contributed by atoms with Crippen molar-refractivity contribution in [2.45, 2.75) is 45.4 Å². The number of nitrogens with one attached hydrogen (secondary N) is 2. The SMILES string of the molecule is CC1CN(c2ccc(-c3c(F)cc(N4CC(C)N(C)C(C)C4)c(NC(=O)c4c[nH]c(=O)cc4C(F)F)c3F)cn2)CCO1. The van der Waals surface area contributed by atoms with E-state index in [0.717, 1.165) is 12.3 Å². The zero-order valence-electron chi connectivity index (χ0n) is 24.3. The molecule has 1 aromatic carbocycles. The van der Waals surface area contributed by atoms with Crippen LogP contribution in [0.5, 0.6) is 0 Å². The van der Waals surface area contributed by atoms with E-state index in [9.17, 15) is 18.4 Å². The van der Waals surface area contributed by atoms with E-state index in [1.54, 1.807) is 17.0 Å². The number of piperazine rings is 1. The Bertz CT molecular complexity index is 1540. The molecule has 0 bridgehead atoms. The lowest BCUT2D eigenvalue weighted by molar-refractivity contribution is 0.0529. The van der Waals surface area contributed by atoms with E-state index in [1.807, 2.05) is 32.7 Å². The van der Waals surface area contributed by atoms with Crippen LogP contribution >= 0.6 is 0 Å². The van der Waals surface area contributed by atoms with Gasteiger partial charge < -0.3 is 24.8 Å². The third-order valence-electron chi connectivity index (χ3n) is 8.17. The number of halogens is 4. The minimum Gasteiger partial charge on any atom is -0.375 e. The second-order valence-corrected chi connectivity index (χ2v) is 11.2. The molecule has 9 nitrogen and oxygen atoms in total. The van der Waals surface area contributed by atoms with Crippen molar-refractivity contribution < 1.29 is 27.1 Å². The lowest BCUT2D eigenvalue weighted by atomic mass is 10.0. The molecule has 2 N–H and O–H groups in total. The van der Waals surface area contributed by atoms with Crippen molar-refractivity contribution in [1.29, 1.82) is 0 Å². The van der Waals surface area contributed by atoms with Crippen LogP contribution in [-0.4, -0.2) is 78.8 Å². The highest BCUT2D eigenvalue weighted by Gasteiger charge is 2.32. The lowest BCUT2D eigenvalue weighted by Gasteiger charge is -2.44. The summed E-state index contributed by atoms with van der Waals surface area (Å²) in [5.41, 5.74) is -2.71. The maximum atomic E-state index is 16.5. The number of anilines is 3. The van der Waals surface area contributed by atoms with Gasteiger partial charge in [-0.05, 0) is 40.0 Å². The van der Waals surface area contributed by atoms with Crippen LogP contribution in [0.15, 0.2) is 41.5 Å². The van der Waals surface area contributed by atoms with Gasteiger partial charge in [-0.2, -0.15) is 0 Å². The zero-order chi connectivity index (χ0) is 31.0. The number of likely N-dealkylation sites (N-methyl/N-ethyl adjacent to an activating group) is 1. The third-order valence-corrected chi connectivity index (χ3v) is 8.17. The molecule has 3 aromatic rings. The number of ether oxygens (including phenoxy) is 1. The molecule has 0 saturated carbocycles. The molecule has 2 saturated heterocycles. The van der Waals surface area contributed by atoms with Crippen molar-refractivity contribution in [3.8, 4) is 11.1 Å². The topological polar surface area (TPSA) is 93.8 Å². The monoisotopic (exact) mass is 602 g/mol. The van der Waals surface area contributed by atoms with Crippen molar-refractivity contribution >= 4 is 23.1 Å². The largest absolute Gasteiger partial charge is 0.375 e. The Morgan fingerprint density at radius 3 is 2.44 bits per heavy atom. The van der Waals surface area contributed by atoms with E-state index in [1.165, 1.54) is 6.20 Å². The van der Waals surface area contributed by atoms with Crippen LogP contribution in [0.2, 0.25) is 0 Å². The number of carbonyl (C=O) groups excluding carboxylic acids is 1. The molecule has 0 aliphatic carbocycles. The number of aromatic amines is 1. The second kappa shape index (κ2) is 12.3. The van der Waals surface area contributed by atoms with Crippen LogP contribution in [0.4, 0.5) is 34.8 Å². The summed E-state index contributed by atoms with van der Waals surface area (Å²) in [5.74, 6) is -2.38. The molecule has 2 fully saturated rings. The summed E-state index contributed by atoms with van der Waals surface area (Å²) in [6.07, 6.45) is -0.901. The summed E-state index contributed by atoms with van der Waals surface area (Å²) >= 11 is 0. The van der Waals surface area contributed by atoms with Gasteiger partial charge in [-0.3, -0.25) is 14.5 Å². The highest BCUT2D eigenvalue weighted by molar-refractivity contribution is 6.07. The van der Waals surface area contributed by atoms with Gasteiger partial charge in [0.05, 0.1) is 29.5 Å². The molecule has 2 aromatic heterocycles. The Labute approximate surface area is 246 Å². The Morgan fingerprint density at radius 2 is 1.81 bits per heavy atom. The molecule has 0 spiro atoms. The molecule has 0 radical (unpaired) electrons. The van der Waals surface area contributed by atoms with Crippen molar-refractivity contribution in [1.82, 2.24) is 14.9 Å². The molecule has 4 heterocycles. The predicted molar refractivity (Wildman–Crippen MR) is 156 cm³/mol. The van der Waals surface area contributed by atoms with Gasteiger partial charge >= 0.3 is 0 Å². The average Bonchev–Trinajstić information content (AvgIpc) is 2.97. The zero-order valence-corrected chi connectivity index (χ0v) is 24.3. The highest BCUT2D eigenvalue weighted by atomic mass is 19.3. The van der Waals surface area contributed by atoms with Gasteiger partial charge in [0.2, 0.25) is 5.56 Å². The number of pyridine rings is 2. The van der Waals surface area contributed by atoms with E-state index >= 15 is 8.78 Å². The van der Waals surface area contributed by atoms with Crippen LogP contribution in [0.25, 0.3) is 11.1 Å². The molecule has 3 atom stereocenters. The molecular formula is C30H34F4N6O3. The summed E-state index contributed by atoms with van der Waals surface area (Å²) in [6.45, 7) is 8.46. The molecule has 3 unspecified atom stereocenters. The van der Waals surface area contributed by atoms with E-state index < -0.39 is 46.2 Å². The normalized spacial score (nSPS) is 21.4. The molecule has 43 heavy (non-hydrogen) atoms. The number of morpholine rings is 1.